The molecule has 4 rings (SSSR count). The van der Waals surface area contributed by atoms with Gasteiger partial charge in [0.2, 0.25) is 9.84 Å². The highest BCUT2D eigenvalue weighted by molar-refractivity contribution is 7.91. The molecule has 0 bridgehead atoms. The summed E-state index contributed by atoms with van der Waals surface area (Å²) in [6.07, 6.45) is 0. The maximum atomic E-state index is 13.7. The zero-order valence-electron chi connectivity index (χ0n) is 14.5. The molecule has 0 aromatic heterocycles. The number of nitrogens with one attached hydrogen (secondary N) is 1. The molecule has 0 saturated carbocycles. The third-order valence-electron chi connectivity index (χ3n) is 4.60. The van der Waals surface area contributed by atoms with Crippen LogP contribution in [-0.4, -0.2) is 20.1 Å². The van der Waals surface area contributed by atoms with E-state index in [0.717, 1.165) is 0 Å². The van der Waals surface area contributed by atoms with Gasteiger partial charge in [-0.05, 0) is 36.4 Å². The van der Waals surface area contributed by atoms with Gasteiger partial charge in [-0.2, -0.15) is 0 Å². The maximum absolute atomic E-state index is 13.7. The predicted octanol–water partition coefficient (Wildman–Crippen LogP) is 3.13. The second kappa shape index (κ2) is 6.69. The van der Waals surface area contributed by atoms with E-state index in [0.29, 0.717) is 5.56 Å². The van der Waals surface area contributed by atoms with Crippen molar-refractivity contribution in [3.8, 4) is 0 Å². The summed E-state index contributed by atoms with van der Waals surface area (Å²) in [5.41, 5.74) is 0.535. The summed E-state index contributed by atoms with van der Waals surface area (Å²) >= 11 is 0. The van der Waals surface area contributed by atoms with Crippen LogP contribution in [-0.2, 0) is 16.4 Å². The number of fused-ring (bicyclic) bond motifs is 2. The maximum Gasteiger partial charge on any atom is 0.251 e. The minimum absolute atomic E-state index is 0.0318. The first-order valence-electron chi connectivity index (χ1n) is 8.44. The minimum atomic E-state index is -3.92. The number of hydrogen-bond acceptors (Lipinski definition) is 4. The molecule has 0 aliphatic carbocycles. The smallest absolute Gasteiger partial charge is 0.251 e. The van der Waals surface area contributed by atoms with Crippen LogP contribution in [0.25, 0.3) is 0 Å². The summed E-state index contributed by atoms with van der Waals surface area (Å²) in [5.74, 6) is -1.41. The van der Waals surface area contributed by atoms with Gasteiger partial charge in [0.15, 0.2) is 5.78 Å². The number of benzene rings is 3. The molecule has 1 N–H and O–H groups in total. The Labute approximate surface area is 160 Å². The van der Waals surface area contributed by atoms with Crippen molar-refractivity contribution in [1.82, 2.24) is 5.32 Å². The van der Waals surface area contributed by atoms with E-state index in [1.165, 1.54) is 36.4 Å². The molecule has 28 heavy (non-hydrogen) atoms. The van der Waals surface area contributed by atoms with Crippen molar-refractivity contribution in [3.05, 3.63) is 94.8 Å². The van der Waals surface area contributed by atoms with Gasteiger partial charge in [0, 0.05) is 28.8 Å². The van der Waals surface area contributed by atoms with E-state index in [1.54, 1.807) is 30.3 Å². The number of sulfone groups is 1. The molecule has 3 aromatic rings. The van der Waals surface area contributed by atoms with E-state index >= 15 is 0 Å². The van der Waals surface area contributed by atoms with Crippen LogP contribution < -0.4 is 5.32 Å². The van der Waals surface area contributed by atoms with Gasteiger partial charge in [0.25, 0.3) is 5.91 Å². The zero-order chi connectivity index (χ0) is 19.9. The topological polar surface area (TPSA) is 80.3 Å². The predicted molar refractivity (Wildman–Crippen MR) is 99.3 cm³/mol. The minimum Gasteiger partial charge on any atom is -0.348 e. The average Bonchev–Trinajstić information content (AvgIpc) is 2.71. The molecule has 0 spiro atoms. The first-order valence-corrected chi connectivity index (χ1v) is 9.92. The van der Waals surface area contributed by atoms with Gasteiger partial charge in [-0.3, -0.25) is 9.59 Å². The van der Waals surface area contributed by atoms with Crippen molar-refractivity contribution in [3.63, 3.8) is 0 Å². The molecule has 5 nitrogen and oxygen atoms in total. The van der Waals surface area contributed by atoms with E-state index < -0.39 is 27.3 Å². The SMILES string of the molecule is O=C(NCc1ccccc1F)c1ccc2c(c1)S(=O)(=O)c1ccccc1C2=O. The molecular formula is C21H14FNO4S. The zero-order valence-corrected chi connectivity index (χ0v) is 15.3. The quantitative estimate of drug-likeness (QED) is 0.578. The van der Waals surface area contributed by atoms with Crippen LogP contribution in [0.2, 0.25) is 0 Å². The van der Waals surface area contributed by atoms with Crippen LogP contribution in [0.5, 0.6) is 0 Å². The molecule has 0 radical (unpaired) electrons. The lowest BCUT2D eigenvalue weighted by Crippen LogP contribution is -2.25. The molecule has 140 valence electrons. The summed E-state index contributed by atoms with van der Waals surface area (Å²) in [6.45, 7) is -0.0445. The number of carbonyl (C=O) groups excluding carboxylic acids is 2. The molecular weight excluding hydrogens is 381 g/mol. The molecule has 1 aliphatic rings. The highest BCUT2D eigenvalue weighted by atomic mass is 32.2. The van der Waals surface area contributed by atoms with Crippen molar-refractivity contribution in [2.75, 3.05) is 0 Å². The van der Waals surface area contributed by atoms with Crippen LogP contribution in [0.1, 0.15) is 31.8 Å². The second-order valence-corrected chi connectivity index (χ2v) is 8.20. The molecule has 1 aliphatic heterocycles. The molecule has 7 heteroatoms. The van der Waals surface area contributed by atoms with Gasteiger partial charge in [-0.15, -0.1) is 0 Å². The van der Waals surface area contributed by atoms with Crippen LogP contribution >= 0.6 is 0 Å². The lowest BCUT2D eigenvalue weighted by atomic mass is 10.0. The lowest BCUT2D eigenvalue weighted by molar-refractivity contribution is 0.0948. The van der Waals surface area contributed by atoms with Gasteiger partial charge >= 0.3 is 0 Å². The first-order chi connectivity index (χ1) is 13.4. The molecule has 0 saturated heterocycles. The Morgan fingerprint density at radius 1 is 0.893 bits per heavy atom. The van der Waals surface area contributed by atoms with E-state index in [9.17, 15) is 22.4 Å². The molecule has 3 aromatic carbocycles. The Hall–Kier alpha value is -3.32. The molecule has 1 amide bonds. The fourth-order valence-electron chi connectivity index (χ4n) is 3.14. The number of ketones is 1. The highest BCUT2D eigenvalue weighted by Crippen LogP contribution is 2.34. The lowest BCUT2D eigenvalue weighted by Gasteiger charge is -2.19. The standard InChI is InChI=1S/C21H14FNO4S/c22-17-7-3-1-5-14(17)12-23-21(25)13-9-10-16-19(11-13)28(26,27)18-8-4-2-6-15(18)20(16)24/h1-11H,12H2,(H,23,25). The third kappa shape index (κ3) is 2.90. The Bertz CT molecular complexity index is 1230. The Kier molecular flexibility index (Phi) is 4.31. The Morgan fingerprint density at radius 3 is 2.36 bits per heavy atom. The monoisotopic (exact) mass is 395 g/mol. The average molecular weight is 395 g/mol. The molecule has 0 unspecified atom stereocenters. The van der Waals surface area contributed by atoms with Gasteiger partial charge < -0.3 is 5.32 Å². The fourth-order valence-corrected chi connectivity index (χ4v) is 4.82. The summed E-state index contributed by atoms with van der Waals surface area (Å²) < 4.78 is 39.5. The first kappa shape index (κ1) is 18.1. The van der Waals surface area contributed by atoms with E-state index in [-0.39, 0.29) is 33.0 Å². The highest BCUT2D eigenvalue weighted by Gasteiger charge is 2.34. The van der Waals surface area contributed by atoms with Gasteiger partial charge in [0.1, 0.15) is 5.82 Å². The van der Waals surface area contributed by atoms with Crippen LogP contribution in [0, 0.1) is 5.82 Å². The van der Waals surface area contributed by atoms with Gasteiger partial charge in [-0.1, -0.05) is 30.3 Å². The molecule has 0 atom stereocenters. The van der Waals surface area contributed by atoms with Gasteiger partial charge in [0.05, 0.1) is 9.79 Å². The van der Waals surface area contributed by atoms with Gasteiger partial charge in [-0.25, -0.2) is 12.8 Å². The van der Waals surface area contributed by atoms with Crippen LogP contribution in [0.3, 0.4) is 0 Å². The number of hydrogen-bond donors (Lipinski definition) is 1. The third-order valence-corrected chi connectivity index (χ3v) is 6.45. The number of carbonyl (C=O) groups is 2. The van der Waals surface area contributed by atoms with Crippen molar-refractivity contribution < 1.29 is 22.4 Å². The van der Waals surface area contributed by atoms with E-state index in [4.69, 9.17) is 0 Å². The number of rotatable bonds is 3. The van der Waals surface area contributed by atoms with Crippen molar-refractivity contribution >= 4 is 21.5 Å². The molecule has 0 fully saturated rings. The second-order valence-electron chi connectivity index (χ2n) is 6.31. The largest absolute Gasteiger partial charge is 0.348 e. The van der Waals surface area contributed by atoms with E-state index in [1.807, 2.05) is 0 Å². The van der Waals surface area contributed by atoms with Crippen molar-refractivity contribution in [1.29, 1.82) is 0 Å². The van der Waals surface area contributed by atoms with Crippen molar-refractivity contribution in [2.24, 2.45) is 0 Å². The molecule has 1 heterocycles. The Morgan fingerprint density at radius 2 is 1.57 bits per heavy atom. The van der Waals surface area contributed by atoms with E-state index in [2.05, 4.69) is 5.32 Å². The van der Waals surface area contributed by atoms with Crippen LogP contribution in [0.15, 0.2) is 76.5 Å². The van der Waals surface area contributed by atoms with Crippen LogP contribution in [0.4, 0.5) is 4.39 Å². The summed E-state index contributed by atoms with van der Waals surface area (Å²) in [7, 11) is -3.92. The normalized spacial score (nSPS) is 14.1. The fraction of sp³-hybridized carbons (Fsp3) is 0.0476. The summed E-state index contributed by atoms with van der Waals surface area (Å²) in [6, 6.07) is 15.9. The van der Waals surface area contributed by atoms with Crippen molar-refractivity contribution in [2.45, 2.75) is 16.3 Å². The number of halogens is 1. The number of amides is 1. The summed E-state index contributed by atoms with van der Waals surface area (Å²) in [4.78, 5) is 24.8. The summed E-state index contributed by atoms with van der Waals surface area (Å²) in [5, 5.41) is 2.56. The Balaban J connectivity index is 1.67.